The molecule has 0 saturated carbocycles. The van der Waals surface area contributed by atoms with Gasteiger partial charge in [-0.2, -0.15) is 0 Å². The van der Waals surface area contributed by atoms with E-state index in [1.54, 1.807) is 6.08 Å². The number of carbonyl (C=O) groups excluding carboxylic acids is 1. The first-order chi connectivity index (χ1) is 20.8. The highest BCUT2D eigenvalue weighted by molar-refractivity contribution is 5.76. The number of carbonyl (C=O) groups is 1. The molecule has 254 valence electrons. The quantitative estimate of drug-likeness (QED) is 0.0556. The Morgan fingerprint density at radius 2 is 1.28 bits per heavy atom. The van der Waals surface area contributed by atoms with E-state index in [1.165, 1.54) is 83.5 Å². The summed E-state index contributed by atoms with van der Waals surface area (Å²) in [4.78, 5) is 12.7. The Morgan fingerprint density at radius 1 is 0.767 bits per heavy atom. The van der Waals surface area contributed by atoms with Crippen molar-refractivity contribution in [2.24, 2.45) is 0 Å². The van der Waals surface area contributed by atoms with Gasteiger partial charge in [-0.25, -0.2) is 0 Å². The lowest BCUT2D eigenvalue weighted by molar-refractivity contribution is -0.302. The maximum atomic E-state index is 12.7. The minimum Gasteiger partial charge on any atom is -0.394 e. The van der Waals surface area contributed by atoms with E-state index in [0.717, 1.165) is 38.5 Å². The van der Waals surface area contributed by atoms with Crippen molar-refractivity contribution >= 4 is 5.91 Å². The first kappa shape index (κ1) is 40.0. The molecular weight excluding hydrogens is 550 g/mol. The predicted molar refractivity (Wildman–Crippen MR) is 170 cm³/mol. The molecule has 43 heavy (non-hydrogen) atoms. The molecule has 9 nitrogen and oxygen atoms in total. The average molecular weight is 616 g/mol. The third-order valence-corrected chi connectivity index (χ3v) is 8.36. The first-order valence-corrected chi connectivity index (χ1v) is 17.4. The number of unbranched alkanes of at least 4 members (excludes halogenated alkanes) is 17. The van der Waals surface area contributed by atoms with E-state index in [4.69, 9.17) is 9.47 Å². The van der Waals surface area contributed by atoms with Gasteiger partial charge in [-0.1, -0.05) is 129 Å². The SMILES string of the molecule is CCCCCCCCCCCCC/C=C/[C@@H](O)[C@H](CO[C@@H]1O[C@H](CO)[C@@H](O)C(O)C1O)NC(=O)CCCCCCCCC. The van der Waals surface area contributed by atoms with E-state index < -0.39 is 49.5 Å². The summed E-state index contributed by atoms with van der Waals surface area (Å²) in [5.74, 6) is -0.186. The fourth-order valence-corrected chi connectivity index (χ4v) is 5.45. The van der Waals surface area contributed by atoms with Crippen molar-refractivity contribution in [1.29, 1.82) is 0 Å². The van der Waals surface area contributed by atoms with Crippen molar-refractivity contribution in [2.75, 3.05) is 13.2 Å². The summed E-state index contributed by atoms with van der Waals surface area (Å²) in [5.41, 5.74) is 0. The number of aliphatic hydroxyl groups is 5. The van der Waals surface area contributed by atoms with Crippen LogP contribution in [0.5, 0.6) is 0 Å². The van der Waals surface area contributed by atoms with Crippen molar-refractivity contribution in [3.05, 3.63) is 12.2 Å². The van der Waals surface area contributed by atoms with Crippen molar-refractivity contribution in [2.45, 2.75) is 185 Å². The van der Waals surface area contributed by atoms with Gasteiger partial charge in [0.1, 0.15) is 24.4 Å². The second-order valence-corrected chi connectivity index (χ2v) is 12.3. The zero-order chi connectivity index (χ0) is 31.7. The first-order valence-electron chi connectivity index (χ1n) is 17.4. The van der Waals surface area contributed by atoms with E-state index in [9.17, 15) is 30.3 Å². The molecule has 0 aliphatic carbocycles. The summed E-state index contributed by atoms with van der Waals surface area (Å²) in [7, 11) is 0. The molecule has 1 aliphatic rings. The largest absolute Gasteiger partial charge is 0.394 e. The average Bonchev–Trinajstić information content (AvgIpc) is 3.00. The summed E-state index contributed by atoms with van der Waals surface area (Å²) in [6, 6.07) is -0.794. The molecule has 0 aromatic heterocycles. The lowest BCUT2D eigenvalue weighted by Gasteiger charge is -2.40. The van der Waals surface area contributed by atoms with E-state index in [1.807, 2.05) is 6.08 Å². The van der Waals surface area contributed by atoms with E-state index in [2.05, 4.69) is 19.2 Å². The van der Waals surface area contributed by atoms with Crippen LogP contribution in [0.2, 0.25) is 0 Å². The number of rotatable bonds is 27. The second-order valence-electron chi connectivity index (χ2n) is 12.3. The summed E-state index contributed by atoms with van der Waals surface area (Å²) in [5, 5.41) is 53.6. The number of ether oxygens (including phenoxy) is 2. The van der Waals surface area contributed by atoms with Crippen LogP contribution in [-0.2, 0) is 14.3 Å². The highest BCUT2D eigenvalue weighted by atomic mass is 16.7. The van der Waals surface area contributed by atoms with Gasteiger partial charge in [-0.3, -0.25) is 4.79 Å². The standard InChI is InChI=1S/C34H65NO8/c1-3-5-7-9-11-12-13-14-15-16-18-19-21-23-28(37)27(35-30(38)24-22-20-17-10-8-6-4-2)26-42-34-33(41)32(40)31(39)29(25-36)43-34/h21,23,27-29,31-34,36-37,39-41H,3-20,22,24-26H2,1-2H3,(H,35,38)/b23-21+/t27-,28+,29+,31+,32?,33?,34+/m0/s1. The van der Waals surface area contributed by atoms with Crippen LogP contribution in [0.1, 0.15) is 142 Å². The zero-order valence-corrected chi connectivity index (χ0v) is 27.2. The van der Waals surface area contributed by atoms with Crippen molar-refractivity contribution < 1.29 is 39.8 Å². The van der Waals surface area contributed by atoms with Gasteiger partial charge in [0.05, 0.1) is 25.4 Å². The monoisotopic (exact) mass is 615 g/mol. The number of amides is 1. The van der Waals surface area contributed by atoms with Gasteiger partial charge in [0.15, 0.2) is 6.29 Å². The lowest BCUT2D eigenvalue weighted by atomic mass is 9.99. The predicted octanol–water partition coefficient (Wildman–Crippen LogP) is 5.05. The Bertz CT molecular complexity index is 691. The Hall–Kier alpha value is -1.07. The van der Waals surface area contributed by atoms with E-state index in [0.29, 0.717) is 6.42 Å². The number of hydrogen-bond acceptors (Lipinski definition) is 8. The van der Waals surface area contributed by atoms with E-state index >= 15 is 0 Å². The Labute approximate surface area is 261 Å². The molecule has 1 saturated heterocycles. The number of aliphatic hydroxyl groups excluding tert-OH is 5. The molecule has 6 N–H and O–H groups in total. The molecule has 0 spiro atoms. The van der Waals surface area contributed by atoms with Crippen molar-refractivity contribution in [3.8, 4) is 0 Å². The molecule has 1 amide bonds. The molecule has 1 rings (SSSR count). The van der Waals surface area contributed by atoms with Crippen LogP contribution < -0.4 is 5.32 Å². The maximum Gasteiger partial charge on any atom is 0.220 e. The van der Waals surface area contributed by atoms with Gasteiger partial charge < -0.3 is 40.3 Å². The molecule has 9 heteroatoms. The summed E-state index contributed by atoms with van der Waals surface area (Å²) in [6.45, 7) is 3.68. The molecule has 7 atom stereocenters. The molecule has 0 radical (unpaired) electrons. The number of nitrogens with one attached hydrogen (secondary N) is 1. The van der Waals surface area contributed by atoms with Gasteiger partial charge in [-0.15, -0.1) is 0 Å². The Balaban J connectivity index is 2.50. The van der Waals surface area contributed by atoms with Crippen LogP contribution in [0, 0.1) is 0 Å². The Morgan fingerprint density at radius 3 is 1.81 bits per heavy atom. The molecule has 1 heterocycles. The van der Waals surface area contributed by atoms with Crippen LogP contribution in [-0.4, -0.2) is 87.5 Å². The smallest absolute Gasteiger partial charge is 0.220 e. The minimum atomic E-state index is -1.56. The van der Waals surface area contributed by atoms with E-state index in [-0.39, 0.29) is 12.5 Å². The zero-order valence-electron chi connectivity index (χ0n) is 27.2. The van der Waals surface area contributed by atoms with Gasteiger partial charge in [0.25, 0.3) is 0 Å². The van der Waals surface area contributed by atoms with Crippen LogP contribution in [0.4, 0.5) is 0 Å². The fourth-order valence-electron chi connectivity index (χ4n) is 5.45. The summed E-state index contributed by atoms with van der Waals surface area (Å²) >= 11 is 0. The highest BCUT2D eigenvalue weighted by Crippen LogP contribution is 2.22. The second kappa shape index (κ2) is 26.2. The number of allylic oxidation sites excluding steroid dienone is 1. The summed E-state index contributed by atoms with van der Waals surface area (Å²) < 4.78 is 11.1. The third-order valence-electron chi connectivity index (χ3n) is 8.36. The fraction of sp³-hybridized carbons (Fsp3) is 0.912. The normalized spacial score (nSPS) is 23.9. The minimum absolute atomic E-state index is 0.185. The molecule has 0 bridgehead atoms. The third kappa shape index (κ3) is 18.5. The maximum absolute atomic E-state index is 12.7. The number of hydrogen-bond donors (Lipinski definition) is 6. The van der Waals surface area contributed by atoms with Crippen LogP contribution in [0.25, 0.3) is 0 Å². The lowest BCUT2D eigenvalue weighted by Crippen LogP contribution is -2.60. The highest BCUT2D eigenvalue weighted by Gasteiger charge is 2.44. The topological polar surface area (TPSA) is 149 Å². The molecule has 2 unspecified atom stereocenters. The molecule has 1 fully saturated rings. The van der Waals surface area contributed by atoms with Crippen molar-refractivity contribution in [1.82, 2.24) is 5.32 Å². The van der Waals surface area contributed by atoms with Gasteiger partial charge in [-0.05, 0) is 19.3 Å². The van der Waals surface area contributed by atoms with Crippen LogP contribution >= 0.6 is 0 Å². The Kier molecular flexibility index (Phi) is 24.3. The van der Waals surface area contributed by atoms with Crippen molar-refractivity contribution in [3.63, 3.8) is 0 Å². The molecule has 1 aliphatic heterocycles. The summed E-state index contributed by atoms with van der Waals surface area (Å²) in [6.07, 6.45) is 18.4. The van der Waals surface area contributed by atoms with Crippen LogP contribution in [0.3, 0.4) is 0 Å². The molecule has 0 aromatic carbocycles. The van der Waals surface area contributed by atoms with Gasteiger partial charge in [0, 0.05) is 6.42 Å². The van der Waals surface area contributed by atoms with Gasteiger partial charge in [0.2, 0.25) is 5.91 Å². The van der Waals surface area contributed by atoms with Crippen LogP contribution in [0.15, 0.2) is 12.2 Å². The molecular formula is C34H65NO8. The molecule has 0 aromatic rings. The van der Waals surface area contributed by atoms with Gasteiger partial charge >= 0.3 is 0 Å².